The van der Waals surface area contributed by atoms with Gasteiger partial charge in [-0.15, -0.1) is 4.98 Å². The van der Waals surface area contributed by atoms with Crippen molar-refractivity contribution in [1.29, 1.82) is 0 Å². The highest BCUT2D eigenvalue weighted by atomic mass is 16.6. The highest BCUT2D eigenvalue weighted by Gasteiger charge is 2.21. The van der Waals surface area contributed by atoms with Crippen molar-refractivity contribution in [3.63, 3.8) is 0 Å². The van der Waals surface area contributed by atoms with E-state index in [1.165, 1.54) is 6.07 Å². The number of ether oxygens (including phenoxy) is 2. The molecule has 0 atom stereocenters. The number of nitro benzene ring substituents is 1. The molecule has 4 aromatic carbocycles. The van der Waals surface area contributed by atoms with E-state index in [9.17, 15) is 10.1 Å². The van der Waals surface area contributed by atoms with Crippen LogP contribution in [0, 0.1) is 23.6 Å². The first-order valence-electron chi connectivity index (χ1n) is 15.3. The Labute approximate surface area is 273 Å². The molecule has 0 aliphatic carbocycles. The third-order valence-electron chi connectivity index (χ3n) is 8.08. The van der Waals surface area contributed by atoms with Gasteiger partial charge in [-0.1, -0.05) is 72.8 Å². The van der Waals surface area contributed by atoms with Gasteiger partial charge in [0.05, 0.1) is 18.0 Å². The maximum atomic E-state index is 11.2. The summed E-state index contributed by atoms with van der Waals surface area (Å²) >= 11 is 0. The first-order chi connectivity index (χ1) is 22.9. The van der Waals surface area contributed by atoms with Crippen LogP contribution in [0.1, 0.15) is 22.5 Å². The summed E-state index contributed by atoms with van der Waals surface area (Å²) in [6.45, 7) is 13.1. The van der Waals surface area contributed by atoms with Crippen LogP contribution >= 0.6 is 0 Å². The van der Waals surface area contributed by atoms with E-state index < -0.39 is 0 Å². The van der Waals surface area contributed by atoms with Gasteiger partial charge in [0.1, 0.15) is 13.2 Å². The largest absolute Gasteiger partial charge is 0.458 e. The van der Waals surface area contributed by atoms with E-state index in [-0.39, 0.29) is 35.8 Å². The molecule has 0 spiro atoms. The van der Waals surface area contributed by atoms with Crippen LogP contribution in [0.3, 0.4) is 0 Å². The molecular weight excluding hydrogens is 594 g/mol. The smallest absolute Gasteiger partial charge is 0.323 e. The summed E-state index contributed by atoms with van der Waals surface area (Å²) in [7, 11) is 0. The number of anilines is 1. The number of rotatable bonds is 11. The Morgan fingerprint density at radius 3 is 2.30 bits per heavy atom. The molecule has 11 nitrogen and oxygen atoms in total. The first kappa shape index (κ1) is 31.1. The third kappa shape index (κ3) is 7.87. The van der Waals surface area contributed by atoms with Crippen LogP contribution in [0.25, 0.3) is 16.0 Å². The number of benzene rings is 4. The minimum atomic E-state index is -0.372. The summed E-state index contributed by atoms with van der Waals surface area (Å²) in [6, 6.07) is 30.6. The highest BCUT2D eigenvalue weighted by Crippen LogP contribution is 2.27. The summed E-state index contributed by atoms with van der Waals surface area (Å²) in [4.78, 5) is 32.5. The molecule has 11 heteroatoms. The van der Waals surface area contributed by atoms with Crippen molar-refractivity contribution >= 4 is 17.1 Å². The predicted octanol–water partition coefficient (Wildman–Crippen LogP) is 6.79. The van der Waals surface area contributed by atoms with Crippen LogP contribution in [0.15, 0.2) is 97.1 Å². The van der Waals surface area contributed by atoms with E-state index in [2.05, 4.69) is 54.7 Å². The second-order valence-corrected chi connectivity index (χ2v) is 11.2. The van der Waals surface area contributed by atoms with E-state index in [1.807, 2.05) is 48.5 Å². The average Bonchev–Trinajstić information content (AvgIpc) is 3.11. The topological polar surface area (TPSA) is 111 Å². The molecule has 6 rings (SSSR count). The lowest BCUT2D eigenvalue weighted by atomic mass is 9.97. The quantitative estimate of drug-likeness (QED) is 0.0888. The van der Waals surface area contributed by atoms with Crippen LogP contribution < -0.4 is 14.4 Å². The number of nitrogens with zero attached hydrogens (tertiary/aromatic N) is 7. The summed E-state index contributed by atoms with van der Waals surface area (Å²) < 4.78 is 12.2. The summed E-state index contributed by atoms with van der Waals surface area (Å²) in [5.41, 5.74) is 6.68. The molecule has 0 bridgehead atoms. The van der Waals surface area contributed by atoms with Gasteiger partial charge in [0.15, 0.2) is 11.5 Å². The normalized spacial score (nSPS) is 13.1. The van der Waals surface area contributed by atoms with Crippen LogP contribution in [-0.2, 0) is 19.8 Å². The van der Waals surface area contributed by atoms with Crippen molar-refractivity contribution in [2.75, 3.05) is 31.1 Å². The van der Waals surface area contributed by atoms with E-state index in [0.29, 0.717) is 31.1 Å². The molecule has 0 unspecified atom stereocenters. The SMILES string of the molecule is [C-]#[N+]c1cccc(COc2nc(CN3CCN(c4cccc([N+](=O)[O-])c4)CC3)nc(OCc3cccc(-c4ccccc4)c3C)n2)c1. The van der Waals surface area contributed by atoms with E-state index >= 15 is 0 Å². The second kappa shape index (κ2) is 14.5. The maximum Gasteiger partial charge on any atom is 0.323 e. The molecule has 2 heterocycles. The lowest BCUT2D eigenvalue weighted by Crippen LogP contribution is -2.46. The summed E-state index contributed by atoms with van der Waals surface area (Å²) in [5, 5.41) is 11.2. The van der Waals surface area contributed by atoms with Crippen molar-refractivity contribution < 1.29 is 14.4 Å². The van der Waals surface area contributed by atoms with Crippen molar-refractivity contribution in [3.05, 3.63) is 141 Å². The Kier molecular flexibility index (Phi) is 9.60. The van der Waals surface area contributed by atoms with Gasteiger partial charge in [-0.25, -0.2) is 4.85 Å². The fourth-order valence-corrected chi connectivity index (χ4v) is 5.52. The highest BCUT2D eigenvalue weighted by molar-refractivity contribution is 5.68. The molecular formula is C36H33N7O4. The monoisotopic (exact) mass is 627 g/mol. The van der Waals surface area contributed by atoms with Gasteiger partial charge in [-0.3, -0.25) is 15.0 Å². The zero-order valence-electron chi connectivity index (χ0n) is 26.0. The van der Waals surface area contributed by atoms with Gasteiger partial charge < -0.3 is 14.4 Å². The van der Waals surface area contributed by atoms with E-state index in [1.54, 1.807) is 24.3 Å². The van der Waals surface area contributed by atoms with Gasteiger partial charge in [0.2, 0.25) is 0 Å². The van der Waals surface area contributed by atoms with Crippen molar-refractivity contribution in [1.82, 2.24) is 19.9 Å². The van der Waals surface area contributed by atoms with Crippen LogP contribution in [0.4, 0.5) is 17.1 Å². The van der Waals surface area contributed by atoms with E-state index in [0.717, 1.165) is 46.6 Å². The van der Waals surface area contributed by atoms with E-state index in [4.69, 9.17) is 16.0 Å². The molecule has 236 valence electrons. The van der Waals surface area contributed by atoms with Gasteiger partial charge in [-0.2, -0.15) is 9.97 Å². The van der Waals surface area contributed by atoms with Crippen molar-refractivity contribution in [2.45, 2.75) is 26.7 Å². The zero-order chi connectivity index (χ0) is 32.6. The Bertz CT molecular complexity index is 1900. The standard InChI is InChI=1S/C36H33N7O4/c1-26-29(12-7-16-33(26)28-10-4-3-5-11-28)25-47-36-39-34(38-35(40-36)46-24-27-9-6-13-30(21-27)37-2)23-41-17-19-42(20-18-41)31-14-8-15-32(22-31)43(44)45/h3-16,21-22H,17-20,23-25H2,1H3. The Morgan fingerprint density at radius 2 is 1.55 bits per heavy atom. The van der Waals surface area contributed by atoms with Crippen LogP contribution in [0.2, 0.25) is 0 Å². The molecule has 5 aromatic rings. The third-order valence-corrected chi connectivity index (χ3v) is 8.08. The molecule has 1 saturated heterocycles. The average molecular weight is 628 g/mol. The molecule has 0 saturated carbocycles. The molecule has 0 radical (unpaired) electrons. The fourth-order valence-electron chi connectivity index (χ4n) is 5.52. The maximum absolute atomic E-state index is 11.2. The molecule has 1 aromatic heterocycles. The predicted molar refractivity (Wildman–Crippen MR) is 178 cm³/mol. The number of aromatic nitrogens is 3. The van der Waals surface area contributed by atoms with Crippen LogP contribution in [-0.4, -0.2) is 51.0 Å². The second-order valence-electron chi connectivity index (χ2n) is 11.2. The lowest BCUT2D eigenvalue weighted by Gasteiger charge is -2.35. The molecule has 1 fully saturated rings. The minimum absolute atomic E-state index is 0.0815. The van der Waals surface area contributed by atoms with Crippen molar-refractivity contribution in [2.24, 2.45) is 0 Å². The summed E-state index contributed by atoms with van der Waals surface area (Å²) in [5.74, 6) is 0.512. The van der Waals surface area contributed by atoms with Gasteiger partial charge in [0.25, 0.3) is 5.69 Å². The molecule has 1 aliphatic rings. The van der Waals surface area contributed by atoms with Crippen molar-refractivity contribution in [3.8, 4) is 23.1 Å². The molecule has 0 amide bonds. The number of non-ortho nitro benzene ring substituents is 1. The Balaban J connectivity index is 1.18. The lowest BCUT2D eigenvalue weighted by molar-refractivity contribution is -0.384. The Hall–Kier alpha value is -5.86. The Morgan fingerprint density at radius 1 is 0.830 bits per heavy atom. The summed E-state index contributed by atoms with van der Waals surface area (Å²) in [6.07, 6.45) is 0. The van der Waals surface area contributed by atoms with Gasteiger partial charge >= 0.3 is 12.0 Å². The van der Waals surface area contributed by atoms with Gasteiger partial charge in [-0.05, 0) is 46.9 Å². The minimum Gasteiger partial charge on any atom is -0.458 e. The molecule has 1 aliphatic heterocycles. The molecule has 47 heavy (non-hydrogen) atoms. The van der Waals surface area contributed by atoms with Crippen LogP contribution in [0.5, 0.6) is 12.0 Å². The van der Waals surface area contributed by atoms with Gasteiger partial charge in [0, 0.05) is 44.0 Å². The number of piperazine rings is 1. The number of nitro groups is 1. The number of hydrogen-bond acceptors (Lipinski definition) is 9. The fraction of sp³-hybridized carbons (Fsp3) is 0.222. The zero-order valence-corrected chi connectivity index (χ0v) is 26.0. The number of hydrogen-bond donors (Lipinski definition) is 0. The first-order valence-corrected chi connectivity index (χ1v) is 15.3. The molecule has 0 N–H and O–H groups in total.